The van der Waals surface area contributed by atoms with Crippen LogP contribution in [-0.4, -0.2) is 45.8 Å². The summed E-state index contributed by atoms with van der Waals surface area (Å²) in [6, 6.07) is 4.08. The van der Waals surface area contributed by atoms with Gasteiger partial charge in [0.05, 0.1) is 0 Å². The van der Waals surface area contributed by atoms with Crippen LogP contribution in [0.2, 0.25) is 0 Å². The second-order valence-corrected chi connectivity index (χ2v) is 4.62. The van der Waals surface area contributed by atoms with Gasteiger partial charge in [-0.25, -0.2) is 0 Å². The molecule has 1 aromatic carbocycles. The average molecular weight is 251 g/mol. The maximum Gasteiger partial charge on any atom is 0.254 e. The van der Waals surface area contributed by atoms with E-state index in [0.29, 0.717) is 31.0 Å². The van der Waals surface area contributed by atoms with Gasteiger partial charge in [-0.2, -0.15) is 0 Å². The molecule has 0 saturated carbocycles. The van der Waals surface area contributed by atoms with E-state index in [1.165, 1.54) is 18.2 Å². The predicted octanol–water partition coefficient (Wildman–Crippen LogP) is 0.942. The number of nitrogens with zero attached hydrogens (tertiary/aromatic N) is 1. The van der Waals surface area contributed by atoms with E-state index in [4.69, 9.17) is 5.11 Å². The zero-order valence-electron chi connectivity index (χ0n) is 10.0. The first kappa shape index (κ1) is 12.7. The topological polar surface area (TPSA) is 81.0 Å². The minimum Gasteiger partial charge on any atom is -0.504 e. The summed E-state index contributed by atoms with van der Waals surface area (Å²) >= 11 is 0. The van der Waals surface area contributed by atoms with Gasteiger partial charge in [0.2, 0.25) is 0 Å². The number of aliphatic hydroxyl groups is 1. The highest BCUT2D eigenvalue weighted by Crippen LogP contribution is 2.27. The molecule has 0 bridgehead atoms. The van der Waals surface area contributed by atoms with Crippen LogP contribution in [0.3, 0.4) is 0 Å². The maximum atomic E-state index is 12.1. The molecule has 0 aliphatic carbocycles. The van der Waals surface area contributed by atoms with E-state index in [-0.39, 0.29) is 24.0 Å². The average Bonchev–Trinajstić information content (AvgIpc) is 2.81. The third-order valence-corrected chi connectivity index (χ3v) is 3.33. The molecule has 98 valence electrons. The van der Waals surface area contributed by atoms with Crippen LogP contribution in [0.5, 0.6) is 11.5 Å². The van der Waals surface area contributed by atoms with Gasteiger partial charge in [0.1, 0.15) is 0 Å². The fourth-order valence-corrected chi connectivity index (χ4v) is 2.27. The molecule has 5 nitrogen and oxygen atoms in total. The summed E-state index contributed by atoms with van der Waals surface area (Å²) in [7, 11) is 0. The summed E-state index contributed by atoms with van der Waals surface area (Å²) in [5, 5.41) is 27.4. The largest absolute Gasteiger partial charge is 0.504 e. The lowest BCUT2D eigenvalue weighted by Crippen LogP contribution is -2.28. The number of aromatic hydroxyl groups is 2. The van der Waals surface area contributed by atoms with Crippen LogP contribution in [-0.2, 0) is 0 Å². The number of phenols is 2. The summed E-state index contributed by atoms with van der Waals surface area (Å²) in [5.74, 6) is -0.312. The summed E-state index contributed by atoms with van der Waals surface area (Å²) < 4.78 is 0. The number of hydrogen-bond donors (Lipinski definition) is 3. The molecule has 1 unspecified atom stereocenters. The van der Waals surface area contributed by atoms with Crippen LogP contribution >= 0.6 is 0 Å². The van der Waals surface area contributed by atoms with Crippen LogP contribution < -0.4 is 0 Å². The number of aliphatic hydroxyl groups excluding tert-OH is 1. The molecule has 1 amide bonds. The molecule has 1 aliphatic heterocycles. The van der Waals surface area contributed by atoms with Gasteiger partial charge in [-0.05, 0) is 37.0 Å². The molecule has 3 N–H and O–H groups in total. The van der Waals surface area contributed by atoms with Gasteiger partial charge in [0.15, 0.2) is 11.5 Å². The monoisotopic (exact) mass is 251 g/mol. The lowest BCUT2D eigenvalue weighted by molar-refractivity contribution is 0.0784. The third-order valence-electron chi connectivity index (χ3n) is 3.33. The van der Waals surface area contributed by atoms with Crippen LogP contribution in [0.25, 0.3) is 0 Å². The summed E-state index contributed by atoms with van der Waals surface area (Å²) in [6.07, 6.45) is 1.61. The number of rotatable bonds is 3. The molecular weight excluding hydrogens is 234 g/mol. The lowest BCUT2D eigenvalue weighted by Gasteiger charge is -2.16. The van der Waals surface area contributed by atoms with Gasteiger partial charge in [0.25, 0.3) is 5.91 Å². The fraction of sp³-hybridized carbons (Fsp3) is 0.462. The van der Waals surface area contributed by atoms with E-state index in [1.807, 2.05) is 0 Å². The van der Waals surface area contributed by atoms with E-state index >= 15 is 0 Å². The first-order valence-corrected chi connectivity index (χ1v) is 6.04. The van der Waals surface area contributed by atoms with Gasteiger partial charge >= 0.3 is 0 Å². The zero-order chi connectivity index (χ0) is 13.1. The second kappa shape index (κ2) is 5.27. The molecule has 1 fully saturated rings. The number of carbonyl (C=O) groups excluding carboxylic acids is 1. The molecule has 5 heteroatoms. The number of amides is 1. The molecule has 1 saturated heterocycles. The van der Waals surface area contributed by atoms with Crippen molar-refractivity contribution in [1.82, 2.24) is 4.90 Å². The van der Waals surface area contributed by atoms with Crippen molar-refractivity contribution in [2.45, 2.75) is 12.8 Å². The smallest absolute Gasteiger partial charge is 0.254 e. The minimum atomic E-state index is -0.285. The minimum absolute atomic E-state index is 0.146. The SMILES string of the molecule is O=C(c1ccc(O)c(O)c1)N1CCC(CCO)C1. The Kier molecular flexibility index (Phi) is 3.72. The van der Waals surface area contributed by atoms with Gasteiger partial charge in [-0.1, -0.05) is 0 Å². The molecule has 0 radical (unpaired) electrons. The van der Waals surface area contributed by atoms with Gasteiger partial charge in [-0.3, -0.25) is 4.79 Å². The standard InChI is InChI=1S/C13H17NO4/c15-6-4-9-3-5-14(8-9)13(18)10-1-2-11(16)12(17)7-10/h1-2,7,9,15-17H,3-6,8H2. The summed E-state index contributed by atoms with van der Waals surface area (Å²) in [6.45, 7) is 1.46. The molecule has 1 heterocycles. The first-order valence-electron chi connectivity index (χ1n) is 6.04. The van der Waals surface area contributed by atoms with Crippen LogP contribution in [0.4, 0.5) is 0 Å². The number of hydrogen-bond acceptors (Lipinski definition) is 4. The van der Waals surface area contributed by atoms with Crippen molar-refractivity contribution < 1.29 is 20.1 Å². The number of carbonyl (C=O) groups is 1. The van der Waals surface area contributed by atoms with Crippen molar-refractivity contribution in [2.75, 3.05) is 19.7 Å². The quantitative estimate of drug-likeness (QED) is 0.698. The van der Waals surface area contributed by atoms with Crippen molar-refractivity contribution in [2.24, 2.45) is 5.92 Å². The van der Waals surface area contributed by atoms with E-state index in [9.17, 15) is 15.0 Å². The Hall–Kier alpha value is -1.75. The maximum absolute atomic E-state index is 12.1. The van der Waals surface area contributed by atoms with Crippen molar-refractivity contribution >= 4 is 5.91 Å². The zero-order valence-corrected chi connectivity index (χ0v) is 10.0. The third kappa shape index (κ3) is 2.56. The van der Waals surface area contributed by atoms with Crippen molar-refractivity contribution in [3.63, 3.8) is 0 Å². The van der Waals surface area contributed by atoms with Crippen molar-refractivity contribution in [1.29, 1.82) is 0 Å². The Morgan fingerprint density at radius 1 is 1.33 bits per heavy atom. The van der Waals surface area contributed by atoms with Crippen molar-refractivity contribution in [3.05, 3.63) is 23.8 Å². The normalized spacial score (nSPS) is 19.2. The number of benzene rings is 1. The van der Waals surface area contributed by atoms with E-state index in [0.717, 1.165) is 6.42 Å². The molecule has 2 rings (SSSR count). The Morgan fingerprint density at radius 2 is 2.11 bits per heavy atom. The summed E-state index contributed by atoms with van der Waals surface area (Å²) in [5.41, 5.74) is 0.370. The highest BCUT2D eigenvalue weighted by atomic mass is 16.3. The van der Waals surface area contributed by atoms with Gasteiger partial charge < -0.3 is 20.2 Å². The van der Waals surface area contributed by atoms with E-state index in [2.05, 4.69) is 0 Å². The molecule has 18 heavy (non-hydrogen) atoms. The Bertz CT molecular complexity index is 447. The Labute approximate surface area is 105 Å². The van der Waals surface area contributed by atoms with Crippen LogP contribution in [0.1, 0.15) is 23.2 Å². The van der Waals surface area contributed by atoms with Crippen LogP contribution in [0.15, 0.2) is 18.2 Å². The van der Waals surface area contributed by atoms with Gasteiger partial charge in [-0.15, -0.1) is 0 Å². The molecule has 1 aliphatic rings. The molecule has 1 aromatic rings. The number of phenolic OH excluding ortho intramolecular Hbond substituents is 2. The van der Waals surface area contributed by atoms with Gasteiger partial charge in [0, 0.05) is 25.3 Å². The molecular formula is C13H17NO4. The molecule has 0 aromatic heterocycles. The van der Waals surface area contributed by atoms with Crippen LogP contribution in [0, 0.1) is 5.92 Å². The highest BCUT2D eigenvalue weighted by Gasteiger charge is 2.26. The van der Waals surface area contributed by atoms with E-state index in [1.54, 1.807) is 4.90 Å². The fourth-order valence-electron chi connectivity index (χ4n) is 2.27. The summed E-state index contributed by atoms with van der Waals surface area (Å²) in [4.78, 5) is 13.8. The van der Waals surface area contributed by atoms with E-state index < -0.39 is 0 Å². The highest BCUT2D eigenvalue weighted by molar-refractivity contribution is 5.95. The molecule has 1 atom stereocenters. The van der Waals surface area contributed by atoms with Crippen molar-refractivity contribution in [3.8, 4) is 11.5 Å². The number of likely N-dealkylation sites (tertiary alicyclic amines) is 1. The molecule has 0 spiro atoms. The predicted molar refractivity (Wildman–Crippen MR) is 65.5 cm³/mol. The second-order valence-electron chi connectivity index (χ2n) is 4.62. The lowest BCUT2D eigenvalue weighted by atomic mass is 10.1. The Morgan fingerprint density at radius 3 is 2.78 bits per heavy atom. The first-order chi connectivity index (χ1) is 8.61. The Balaban J connectivity index is 2.05.